The van der Waals surface area contributed by atoms with E-state index in [0.29, 0.717) is 18.4 Å². The zero-order valence-electron chi connectivity index (χ0n) is 11.8. The molecular weight excluding hydrogens is 268 g/mol. The van der Waals surface area contributed by atoms with Gasteiger partial charge >= 0.3 is 5.97 Å². The summed E-state index contributed by atoms with van der Waals surface area (Å²) in [6, 6.07) is 6.55. The average molecular weight is 288 g/mol. The normalized spacial score (nSPS) is 30.3. The molecule has 0 aliphatic heterocycles. The number of rotatable bonds is 4. The summed E-state index contributed by atoms with van der Waals surface area (Å²) in [5.41, 5.74) is 7.30. The van der Waals surface area contributed by atoms with Gasteiger partial charge in [0.05, 0.1) is 11.5 Å². The maximum Gasteiger partial charge on any atom is 0.335 e. The van der Waals surface area contributed by atoms with Crippen molar-refractivity contribution in [2.24, 2.45) is 23.5 Å². The van der Waals surface area contributed by atoms with Crippen LogP contribution in [0.5, 0.6) is 0 Å². The maximum absolute atomic E-state index is 12.3. The molecule has 2 saturated carbocycles. The summed E-state index contributed by atoms with van der Waals surface area (Å²) in [5.74, 6) is -0.00224. The summed E-state index contributed by atoms with van der Waals surface area (Å²) in [6.07, 6.45) is 3.36. The van der Waals surface area contributed by atoms with E-state index in [1.807, 2.05) is 0 Å². The molecule has 0 spiro atoms. The van der Waals surface area contributed by atoms with Gasteiger partial charge in [-0.3, -0.25) is 4.79 Å². The predicted octanol–water partition coefficient (Wildman–Crippen LogP) is 1.37. The van der Waals surface area contributed by atoms with E-state index in [1.165, 1.54) is 0 Å². The third-order valence-corrected chi connectivity index (χ3v) is 4.95. The topological polar surface area (TPSA) is 92.4 Å². The van der Waals surface area contributed by atoms with Crippen LogP contribution >= 0.6 is 0 Å². The second-order valence-electron chi connectivity index (χ2n) is 6.16. The molecule has 112 valence electrons. The smallest absolute Gasteiger partial charge is 0.335 e. The molecule has 1 amide bonds. The van der Waals surface area contributed by atoms with Crippen molar-refractivity contribution in [2.75, 3.05) is 0 Å². The van der Waals surface area contributed by atoms with Crippen LogP contribution in [0.25, 0.3) is 0 Å². The fraction of sp³-hybridized carbons (Fsp3) is 0.500. The molecule has 4 atom stereocenters. The minimum Gasteiger partial charge on any atom is -0.478 e. The Bertz CT molecular complexity index is 553. The molecule has 0 radical (unpaired) electrons. The molecule has 2 bridgehead atoms. The van der Waals surface area contributed by atoms with Crippen LogP contribution in [0.3, 0.4) is 0 Å². The van der Waals surface area contributed by atoms with Crippen molar-refractivity contribution in [1.29, 1.82) is 0 Å². The van der Waals surface area contributed by atoms with Gasteiger partial charge in [0.25, 0.3) is 0 Å². The van der Waals surface area contributed by atoms with Crippen LogP contribution in [0, 0.1) is 17.8 Å². The monoisotopic (exact) mass is 288 g/mol. The van der Waals surface area contributed by atoms with Crippen molar-refractivity contribution in [3.8, 4) is 0 Å². The third kappa shape index (κ3) is 2.65. The highest BCUT2D eigenvalue weighted by Gasteiger charge is 2.48. The Balaban J connectivity index is 1.57. The van der Waals surface area contributed by atoms with Gasteiger partial charge in [0.2, 0.25) is 5.91 Å². The largest absolute Gasteiger partial charge is 0.478 e. The van der Waals surface area contributed by atoms with Gasteiger partial charge in [-0.05, 0) is 48.8 Å². The highest BCUT2D eigenvalue weighted by molar-refractivity contribution is 5.87. The van der Waals surface area contributed by atoms with Gasteiger partial charge in [0.1, 0.15) is 0 Å². The van der Waals surface area contributed by atoms with E-state index < -0.39 is 5.97 Å². The molecule has 3 rings (SSSR count). The van der Waals surface area contributed by atoms with Crippen LogP contribution in [0.4, 0.5) is 0 Å². The van der Waals surface area contributed by atoms with E-state index in [0.717, 1.165) is 24.8 Å². The number of benzene rings is 1. The molecule has 5 heteroatoms. The Morgan fingerprint density at radius 2 is 1.86 bits per heavy atom. The van der Waals surface area contributed by atoms with Crippen molar-refractivity contribution in [2.45, 2.75) is 31.8 Å². The molecule has 1 aromatic carbocycles. The first-order chi connectivity index (χ1) is 10.1. The van der Waals surface area contributed by atoms with E-state index in [4.69, 9.17) is 10.8 Å². The summed E-state index contributed by atoms with van der Waals surface area (Å²) in [7, 11) is 0. The molecule has 5 nitrogen and oxygen atoms in total. The fourth-order valence-corrected chi connectivity index (χ4v) is 3.80. The van der Waals surface area contributed by atoms with Crippen molar-refractivity contribution < 1.29 is 14.7 Å². The van der Waals surface area contributed by atoms with Crippen LogP contribution in [0.15, 0.2) is 24.3 Å². The highest BCUT2D eigenvalue weighted by atomic mass is 16.4. The van der Waals surface area contributed by atoms with Crippen LogP contribution < -0.4 is 11.1 Å². The van der Waals surface area contributed by atoms with E-state index in [2.05, 4.69) is 5.32 Å². The standard InChI is InChI=1S/C16H20N2O3/c17-14-12-6-5-11(7-12)13(14)15(19)18-8-9-1-3-10(4-2-9)16(20)21/h1-4,11-14H,5-8,17H2,(H,18,19)(H,20,21). The van der Waals surface area contributed by atoms with Crippen molar-refractivity contribution in [1.82, 2.24) is 5.32 Å². The number of amides is 1. The number of carboxylic acid groups (broad SMARTS) is 1. The van der Waals surface area contributed by atoms with E-state index in [9.17, 15) is 9.59 Å². The van der Waals surface area contributed by atoms with Crippen molar-refractivity contribution in [3.63, 3.8) is 0 Å². The minimum absolute atomic E-state index is 0.00173. The zero-order valence-corrected chi connectivity index (χ0v) is 11.8. The molecule has 21 heavy (non-hydrogen) atoms. The lowest BCUT2D eigenvalue weighted by molar-refractivity contribution is -0.127. The predicted molar refractivity (Wildman–Crippen MR) is 77.5 cm³/mol. The lowest BCUT2D eigenvalue weighted by atomic mass is 9.84. The van der Waals surface area contributed by atoms with Gasteiger partial charge in [-0.15, -0.1) is 0 Å². The number of nitrogens with two attached hydrogens (primary N) is 1. The van der Waals surface area contributed by atoms with E-state index in [-0.39, 0.29) is 23.4 Å². The molecule has 4 N–H and O–H groups in total. The molecule has 2 aliphatic rings. The Morgan fingerprint density at radius 3 is 2.43 bits per heavy atom. The Hall–Kier alpha value is -1.88. The van der Waals surface area contributed by atoms with Crippen LogP contribution in [-0.2, 0) is 11.3 Å². The summed E-state index contributed by atoms with van der Waals surface area (Å²) < 4.78 is 0. The minimum atomic E-state index is -0.946. The van der Waals surface area contributed by atoms with Gasteiger partial charge in [-0.2, -0.15) is 0 Å². The van der Waals surface area contributed by atoms with Gasteiger partial charge < -0.3 is 16.2 Å². The number of nitrogens with one attached hydrogen (secondary N) is 1. The molecule has 0 heterocycles. The summed E-state index contributed by atoms with van der Waals surface area (Å²) in [4.78, 5) is 23.1. The fourth-order valence-electron chi connectivity index (χ4n) is 3.80. The third-order valence-electron chi connectivity index (χ3n) is 4.95. The molecule has 1 aromatic rings. The molecular formula is C16H20N2O3. The van der Waals surface area contributed by atoms with Gasteiger partial charge in [0.15, 0.2) is 0 Å². The summed E-state index contributed by atoms with van der Waals surface area (Å²) >= 11 is 0. The molecule has 0 saturated heterocycles. The van der Waals surface area contributed by atoms with Crippen LogP contribution in [-0.4, -0.2) is 23.0 Å². The molecule has 0 aromatic heterocycles. The number of carbonyl (C=O) groups is 2. The lowest BCUT2D eigenvalue weighted by Crippen LogP contribution is -2.45. The van der Waals surface area contributed by atoms with E-state index in [1.54, 1.807) is 24.3 Å². The second kappa shape index (κ2) is 5.48. The van der Waals surface area contributed by atoms with Gasteiger partial charge in [-0.25, -0.2) is 4.79 Å². The average Bonchev–Trinajstić information content (AvgIpc) is 3.06. The molecule has 2 fully saturated rings. The molecule has 4 unspecified atom stereocenters. The highest BCUT2D eigenvalue weighted by Crippen LogP contribution is 2.47. The first-order valence-corrected chi connectivity index (χ1v) is 7.42. The number of aromatic carboxylic acids is 1. The van der Waals surface area contributed by atoms with Crippen molar-refractivity contribution in [3.05, 3.63) is 35.4 Å². The zero-order chi connectivity index (χ0) is 15.0. The Kier molecular flexibility index (Phi) is 3.68. The maximum atomic E-state index is 12.3. The van der Waals surface area contributed by atoms with Crippen LogP contribution in [0.1, 0.15) is 35.2 Å². The summed E-state index contributed by atoms with van der Waals surface area (Å²) in [5, 5.41) is 11.8. The van der Waals surface area contributed by atoms with Crippen molar-refractivity contribution >= 4 is 11.9 Å². The Labute approximate surface area is 123 Å². The first-order valence-electron chi connectivity index (χ1n) is 7.42. The number of hydrogen-bond donors (Lipinski definition) is 3. The number of fused-ring (bicyclic) bond motifs is 2. The molecule has 2 aliphatic carbocycles. The SMILES string of the molecule is NC1C2CCC(C2)C1C(=O)NCc1ccc(C(=O)O)cc1. The first kappa shape index (κ1) is 14.1. The second-order valence-corrected chi connectivity index (χ2v) is 6.16. The van der Waals surface area contributed by atoms with Gasteiger partial charge in [0, 0.05) is 12.6 Å². The number of carbonyl (C=O) groups excluding carboxylic acids is 1. The van der Waals surface area contributed by atoms with Crippen LogP contribution in [0.2, 0.25) is 0 Å². The lowest BCUT2D eigenvalue weighted by Gasteiger charge is -2.27. The summed E-state index contributed by atoms with van der Waals surface area (Å²) in [6.45, 7) is 0.416. The van der Waals surface area contributed by atoms with Gasteiger partial charge in [-0.1, -0.05) is 12.1 Å². The number of carboxylic acids is 1. The van der Waals surface area contributed by atoms with E-state index >= 15 is 0 Å². The Morgan fingerprint density at radius 1 is 1.19 bits per heavy atom. The quantitative estimate of drug-likeness (QED) is 0.780. The number of hydrogen-bond acceptors (Lipinski definition) is 3.